The van der Waals surface area contributed by atoms with Crippen LogP contribution in [0.3, 0.4) is 0 Å². The molecule has 0 aliphatic rings. The summed E-state index contributed by atoms with van der Waals surface area (Å²) in [4.78, 5) is 25.3. The van der Waals surface area contributed by atoms with Crippen molar-refractivity contribution in [3.05, 3.63) is 34.7 Å². The maximum atomic E-state index is 11.8. The van der Waals surface area contributed by atoms with Crippen molar-refractivity contribution in [2.75, 3.05) is 5.75 Å². The SMILES string of the molecule is CC(SCCCn1c(=O)[nH]c2ccccc21)C(=O)O. The lowest BCUT2D eigenvalue weighted by molar-refractivity contribution is -0.136. The Balaban J connectivity index is 1.97. The Kier molecular flexibility index (Phi) is 4.31. The van der Waals surface area contributed by atoms with Crippen LogP contribution in [0, 0.1) is 0 Å². The quantitative estimate of drug-likeness (QED) is 0.793. The van der Waals surface area contributed by atoms with Gasteiger partial charge in [-0.25, -0.2) is 4.79 Å². The predicted molar refractivity (Wildman–Crippen MR) is 76.7 cm³/mol. The second kappa shape index (κ2) is 5.97. The van der Waals surface area contributed by atoms with Crippen LogP contribution >= 0.6 is 11.8 Å². The summed E-state index contributed by atoms with van der Waals surface area (Å²) in [6.07, 6.45) is 0.768. The zero-order valence-electron chi connectivity index (χ0n) is 10.6. The monoisotopic (exact) mass is 280 g/mol. The van der Waals surface area contributed by atoms with Crippen LogP contribution in [-0.4, -0.2) is 31.6 Å². The number of hydrogen-bond acceptors (Lipinski definition) is 3. The molecule has 0 amide bonds. The molecule has 0 saturated heterocycles. The third-order valence-corrected chi connectivity index (χ3v) is 4.15. The van der Waals surface area contributed by atoms with Crippen LogP contribution in [0.25, 0.3) is 11.0 Å². The average molecular weight is 280 g/mol. The summed E-state index contributed by atoms with van der Waals surface area (Å²) in [6, 6.07) is 7.55. The lowest BCUT2D eigenvalue weighted by atomic mass is 10.3. The molecule has 2 N–H and O–H groups in total. The molecular weight excluding hydrogens is 264 g/mol. The van der Waals surface area contributed by atoms with Crippen molar-refractivity contribution in [3.63, 3.8) is 0 Å². The third-order valence-electron chi connectivity index (χ3n) is 2.92. The number of aromatic amines is 1. The summed E-state index contributed by atoms with van der Waals surface area (Å²) in [6.45, 7) is 2.27. The van der Waals surface area contributed by atoms with Gasteiger partial charge in [-0.1, -0.05) is 12.1 Å². The number of aliphatic carboxylic acids is 1. The fraction of sp³-hybridized carbons (Fsp3) is 0.385. The largest absolute Gasteiger partial charge is 0.480 e. The zero-order chi connectivity index (χ0) is 13.8. The molecule has 1 heterocycles. The summed E-state index contributed by atoms with van der Waals surface area (Å²) in [5.41, 5.74) is 1.61. The molecule has 0 aliphatic carbocycles. The highest BCUT2D eigenvalue weighted by molar-refractivity contribution is 8.00. The number of rotatable bonds is 6. The van der Waals surface area contributed by atoms with E-state index in [-0.39, 0.29) is 5.69 Å². The van der Waals surface area contributed by atoms with E-state index < -0.39 is 11.2 Å². The molecular formula is C13H16N2O3S. The molecule has 0 spiro atoms. The highest BCUT2D eigenvalue weighted by Gasteiger charge is 2.11. The van der Waals surface area contributed by atoms with E-state index in [0.717, 1.165) is 23.2 Å². The maximum absolute atomic E-state index is 11.8. The number of aryl methyl sites for hydroxylation is 1. The first-order valence-electron chi connectivity index (χ1n) is 6.11. The molecule has 1 aromatic heterocycles. The van der Waals surface area contributed by atoms with Crippen LogP contribution in [0.2, 0.25) is 0 Å². The second-order valence-corrected chi connectivity index (χ2v) is 5.75. The van der Waals surface area contributed by atoms with E-state index in [1.54, 1.807) is 11.5 Å². The van der Waals surface area contributed by atoms with Crippen molar-refractivity contribution in [2.45, 2.75) is 25.1 Å². The molecule has 1 aromatic carbocycles. The normalized spacial score (nSPS) is 12.7. The van der Waals surface area contributed by atoms with Crippen molar-refractivity contribution < 1.29 is 9.90 Å². The molecule has 6 heteroatoms. The fourth-order valence-electron chi connectivity index (χ4n) is 1.88. The fourth-order valence-corrected chi connectivity index (χ4v) is 2.67. The number of nitrogens with zero attached hydrogens (tertiary/aromatic N) is 1. The zero-order valence-corrected chi connectivity index (χ0v) is 11.4. The van der Waals surface area contributed by atoms with Gasteiger partial charge >= 0.3 is 11.7 Å². The van der Waals surface area contributed by atoms with E-state index in [9.17, 15) is 9.59 Å². The van der Waals surface area contributed by atoms with Crippen molar-refractivity contribution in [1.82, 2.24) is 9.55 Å². The van der Waals surface area contributed by atoms with E-state index in [2.05, 4.69) is 4.98 Å². The topological polar surface area (TPSA) is 75.1 Å². The van der Waals surface area contributed by atoms with Gasteiger partial charge in [-0.3, -0.25) is 9.36 Å². The minimum absolute atomic E-state index is 0.113. The summed E-state index contributed by atoms with van der Waals surface area (Å²) in [7, 11) is 0. The van der Waals surface area contributed by atoms with Crippen LogP contribution in [0.5, 0.6) is 0 Å². The Bertz CT molecular complexity index is 632. The Morgan fingerprint density at radius 1 is 1.47 bits per heavy atom. The second-order valence-electron chi connectivity index (χ2n) is 4.30. The van der Waals surface area contributed by atoms with Gasteiger partial charge in [0.05, 0.1) is 16.3 Å². The van der Waals surface area contributed by atoms with Crippen LogP contribution in [0.4, 0.5) is 0 Å². The summed E-state index contributed by atoms with van der Waals surface area (Å²) in [5.74, 6) is -0.0753. The van der Waals surface area contributed by atoms with Gasteiger partial charge < -0.3 is 10.1 Å². The number of nitrogens with one attached hydrogen (secondary N) is 1. The summed E-state index contributed by atoms with van der Waals surface area (Å²) < 4.78 is 1.70. The molecule has 0 bridgehead atoms. The van der Waals surface area contributed by atoms with Crippen LogP contribution in [0.15, 0.2) is 29.1 Å². The number of para-hydroxylation sites is 2. The number of hydrogen-bond donors (Lipinski definition) is 2. The number of carboxylic acid groups (broad SMARTS) is 1. The van der Waals surface area contributed by atoms with Gasteiger partial charge in [0.15, 0.2) is 0 Å². The minimum atomic E-state index is -0.797. The minimum Gasteiger partial charge on any atom is -0.480 e. The van der Waals surface area contributed by atoms with Crippen molar-refractivity contribution >= 4 is 28.8 Å². The molecule has 2 rings (SSSR count). The molecule has 2 aromatic rings. The predicted octanol–water partition coefficient (Wildman–Crippen LogP) is 1.93. The number of carboxylic acids is 1. The molecule has 0 aliphatic heterocycles. The molecule has 1 unspecified atom stereocenters. The summed E-state index contributed by atoms with van der Waals surface area (Å²) >= 11 is 1.39. The first-order valence-corrected chi connectivity index (χ1v) is 7.16. The average Bonchev–Trinajstić information content (AvgIpc) is 2.70. The first-order chi connectivity index (χ1) is 9.09. The molecule has 0 saturated carbocycles. The smallest absolute Gasteiger partial charge is 0.326 e. The molecule has 0 fully saturated rings. The third kappa shape index (κ3) is 3.20. The number of benzene rings is 1. The van der Waals surface area contributed by atoms with Crippen molar-refractivity contribution in [2.24, 2.45) is 0 Å². The number of imidazole rings is 1. The van der Waals surface area contributed by atoms with E-state index in [0.29, 0.717) is 6.54 Å². The number of thioether (sulfide) groups is 1. The van der Waals surface area contributed by atoms with Crippen molar-refractivity contribution in [3.8, 4) is 0 Å². The molecule has 102 valence electrons. The lowest BCUT2D eigenvalue weighted by Crippen LogP contribution is -2.18. The molecule has 19 heavy (non-hydrogen) atoms. The summed E-state index contributed by atoms with van der Waals surface area (Å²) in [5, 5.41) is 8.37. The molecule has 1 atom stereocenters. The van der Waals surface area contributed by atoms with Crippen LogP contribution in [0.1, 0.15) is 13.3 Å². The highest BCUT2D eigenvalue weighted by atomic mass is 32.2. The van der Waals surface area contributed by atoms with Gasteiger partial charge in [0, 0.05) is 6.54 Å². The Morgan fingerprint density at radius 2 is 2.21 bits per heavy atom. The Hall–Kier alpha value is -1.69. The van der Waals surface area contributed by atoms with Crippen molar-refractivity contribution in [1.29, 1.82) is 0 Å². The first kappa shape index (κ1) is 13.7. The number of H-pyrrole nitrogens is 1. The van der Waals surface area contributed by atoms with Gasteiger partial charge in [0.1, 0.15) is 0 Å². The van der Waals surface area contributed by atoms with Gasteiger partial charge in [-0.15, -0.1) is 11.8 Å². The van der Waals surface area contributed by atoms with E-state index in [1.165, 1.54) is 11.8 Å². The van der Waals surface area contributed by atoms with Gasteiger partial charge in [0.25, 0.3) is 0 Å². The number of carbonyl (C=O) groups is 1. The molecule has 5 nitrogen and oxygen atoms in total. The maximum Gasteiger partial charge on any atom is 0.326 e. The van der Waals surface area contributed by atoms with E-state index in [4.69, 9.17) is 5.11 Å². The molecule has 0 radical (unpaired) electrons. The van der Waals surface area contributed by atoms with Crippen LogP contribution < -0.4 is 5.69 Å². The standard InChI is InChI=1S/C13H16N2O3S/c1-9(12(16)17)19-8-4-7-15-11-6-3-2-5-10(11)14-13(15)18/h2-3,5-6,9H,4,7-8H2,1H3,(H,14,18)(H,16,17). The van der Waals surface area contributed by atoms with Gasteiger partial charge in [-0.2, -0.15) is 0 Å². The van der Waals surface area contributed by atoms with E-state index >= 15 is 0 Å². The number of aromatic nitrogens is 2. The van der Waals surface area contributed by atoms with Crippen LogP contribution in [-0.2, 0) is 11.3 Å². The van der Waals surface area contributed by atoms with Gasteiger partial charge in [0.2, 0.25) is 0 Å². The van der Waals surface area contributed by atoms with Gasteiger partial charge in [-0.05, 0) is 31.2 Å². The highest BCUT2D eigenvalue weighted by Crippen LogP contribution is 2.14. The van der Waals surface area contributed by atoms with E-state index in [1.807, 2.05) is 24.3 Å². The Morgan fingerprint density at radius 3 is 2.95 bits per heavy atom. The lowest BCUT2D eigenvalue weighted by Gasteiger charge is -2.06. The Labute approximate surface area is 114 Å². The number of fused-ring (bicyclic) bond motifs is 1.